The molecule has 0 saturated carbocycles. The molecule has 8 rings (SSSR count). The van der Waals surface area contributed by atoms with E-state index in [-0.39, 0.29) is 17.0 Å². The average Bonchev–Trinajstić information content (AvgIpc) is 3.69. The number of aryl methyl sites for hydroxylation is 1. The number of aromatic nitrogens is 2. The molecule has 4 atom stereocenters. The van der Waals surface area contributed by atoms with Crippen LogP contribution in [0.5, 0.6) is 6.01 Å². The van der Waals surface area contributed by atoms with Gasteiger partial charge in [0.25, 0.3) is 5.91 Å². The zero-order valence-electron chi connectivity index (χ0n) is 24.1. The zero-order chi connectivity index (χ0) is 28.7. The molecule has 0 radical (unpaired) electrons. The molecule has 11 heteroatoms. The Bertz CT molecular complexity index is 1470. The molecule has 0 unspecified atom stereocenters. The standard InChI is InChI=1S/C31H38FN7O3/c1-37-17-22-24(15-31(37)11-8-20-6-2-3-7-23(20)31)33-28(42-19-29-9-4-13-39(29)16-21(32)14-29)34-25(22)38-12-5-10-30(18-38)26(40)35-27(41)36-30/h2-3,6-7,21H,4-5,8-19H2,1H3,(H2,35,36,40,41)/t21-,29+,30-,31+/m1/s1. The number of carbonyl (C=O) groups is 2. The van der Waals surface area contributed by atoms with Crippen molar-refractivity contribution in [2.24, 2.45) is 0 Å². The Morgan fingerprint density at radius 1 is 1.12 bits per heavy atom. The fraction of sp³-hybridized carbons (Fsp3) is 0.613. The van der Waals surface area contributed by atoms with E-state index in [0.717, 1.165) is 62.1 Å². The number of nitrogens with zero attached hydrogens (tertiary/aromatic N) is 5. The second-order valence-corrected chi connectivity index (χ2v) is 13.4. The Labute approximate surface area is 245 Å². The number of hydrogen-bond donors (Lipinski definition) is 2. The molecule has 1 aromatic carbocycles. The van der Waals surface area contributed by atoms with E-state index in [0.29, 0.717) is 51.6 Å². The topological polar surface area (TPSA) is 103 Å². The Balaban J connectivity index is 1.17. The van der Waals surface area contributed by atoms with Gasteiger partial charge in [0.15, 0.2) is 0 Å². The number of fused-ring (bicyclic) bond motifs is 4. The van der Waals surface area contributed by atoms with Crippen molar-refractivity contribution >= 4 is 17.8 Å². The Kier molecular flexibility index (Phi) is 5.86. The third-order valence-corrected chi connectivity index (χ3v) is 11.0. The first-order chi connectivity index (χ1) is 20.3. The van der Waals surface area contributed by atoms with Gasteiger partial charge in [0, 0.05) is 38.0 Å². The van der Waals surface area contributed by atoms with Crippen LogP contribution in [0.4, 0.5) is 15.0 Å². The molecular weight excluding hydrogens is 537 g/mol. The Morgan fingerprint density at radius 3 is 2.83 bits per heavy atom. The van der Waals surface area contributed by atoms with Crippen molar-refractivity contribution in [2.75, 3.05) is 44.7 Å². The summed E-state index contributed by atoms with van der Waals surface area (Å²) in [5.41, 5.74) is 3.36. The monoisotopic (exact) mass is 575 g/mol. The van der Waals surface area contributed by atoms with Crippen molar-refractivity contribution in [3.8, 4) is 6.01 Å². The fourth-order valence-corrected chi connectivity index (χ4v) is 8.88. The number of benzene rings is 1. The summed E-state index contributed by atoms with van der Waals surface area (Å²) in [7, 11) is 2.18. The van der Waals surface area contributed by atoms with Gasteiger partial charge in [0.2, 0.25) is 0 Å². The molecule has 42 heavy (non-hydrogen) atoms. The van der Waals surface area contributed by atoms with Gasteiger partial charge in [0.05, 0.1) is 23.3 Å². The predicted octanol–water partition coefficient (Wildman–Crippen LogP) is 2.44. The molecule has 2 N–H and O–H groups in total. The van der Waals surface area contributed by atoms with Crippen LogP contribution in [-0.2, 0) is 29.7 Å². The van der Waals surface area contributed by atoms with E-state index in [1.807, 2.05) is 0 Å². The van der Waals surface area contributed by atoms with Crippen molar-refractivity contribution < 1.29 is 18.7 Å². The van der Waals surface area contributed by atoms with E-state index >= 15 is 0 Å². The third kappa shape index (κ3) is 3.88. The van der Waals surface area contributed by atoms with Crippen LogP contribution in [-0.4, -0.2) is 88.8 Å². The summed E-state index contributed by atoms with van der Waals surface area (Å²) in [5.74, 6) is 0.490. The summed E-state index contributed by atoms with van der Waals surface area (Å²) in [6, 6.07) is 8.59. The number of ether oxygens (including phenoxy) is 1. The SMILES string of the molecule is CN1Cc2c(nc(OC[C@@]34CCCN3C[C@H](F)C4)nc2N2CCC[C@]3(C2)NC(=O)NC3=O)C[C@]12CCc1ccccc12. The van der Waals surface area contributed by atoms with E-state index in [2.05, 4.69) is 56.6 Å². The van der Waals surface area contributed by atoms with Gasteiger partial charge in [-0.25, -0.2) is 9.18 Å². The number of urea groups is 1. The van der Waals surface area contributed by atoms with Gasteiger partial charge in [-0.15, -0.1) is 0 Å². The number of nitrogens with one attached hydrogen (secondary N) is 2. The minimum absolute atomic E-state index is 0.150. The van der Waals surface area contributed by atoms with E-state index in [9.17, 15) is 14.0 Å². The molecule has 6 aliphatic rings. The lowest BCUT2D eigenvalue weighted by molar-refractivity contribution is -0.124. The van der Waals surface area contributed by atoms with E-state index < -0.39 is 17.7 Å². The number of amides is 3. The van der Waals surface area contributed by atoms with Crippen LogP contribution in [0.1, 0.15) is 60.9 Å². The lowest BCUT2D eigenvalue weighted by atomic mass is 9.80. The highest BCUT2D eigenvalue weighted by Gasteiger charge is 2.52. The summed E-state index contributed by atoms with van der Waals surface area (Å²) < 4.78 is 20.9. The first kappa shape index (κ1) is 26.3. The smallest absolute Gasteiger partial charge is 0.322 e. The predicted molar refractivity (Wildman–Crippen MR) is 153 cm³/mol. The highest BCUT2D eigenvalue weighted by atomic mass is 19.1. The molecular formula is C31H38FN7O3. The van der Waals surface area contributed by atoms with Gasteiger partial charge in [-0.1, -0.05) is 24.3 Å². The first-order valence-electron chi connectivity index (χ1n) is 15.4. The summed E-state index contributed by atoms with van der Waals surface area (Å²) in [5, 5.41) is 5.33. The number of carbonyl (C=O) groups excluding carboxylic acids is 2. The van der Waals surface area contributed by atoms with Crippen LogP contribution in [0.3, 0.4) is 0 Å². The van der Waals surface area contributed by atoms with Gasteiger partial charge in [-0.05, 0) is 63.2 Å². The molecule has 0 bridgehead atoms. The van der Waals surface area contributed by atoms with Crippen LogP contribution in [0.15, 0.2) is 24.3 Å². The van der Waals surface area contributed by atoms with Crippen molar-refractivity contribution in [3.63, 3.8) is 0 Å². The van der Waals surface area contributed by atoms with Gasteiger partial charge in [-0.3, -0.25) is 19.9 Å². The van der Waals surface area contributed by atoms with Crippen molar-refractivity contribution in [1.82, 2.24) is 30.4 Å². The second kappa shape index (κ2) is 9.34. The molecule has 4 saturated heterocycles. The Morgan fingerprint density at radius 2 is 1.98 bits per heavy atom. The van der Waals surface area contributed by atoms with Crippen molar-refractivity contribution in [1.29, 1.82) is 0 Å². The number of piperidine rings is 1. The number of halogens is 1. The summed E-state index contributed by atoms with van der Waals surface area (Å²) in [6.45, 7) is 3.46. The van der Waals surface area contributed by atoms with Gasteiger partial charge in [-0.2, -0.15) is 9.97 Å². The fourth-order valence-electron chi connectivity index (χ4n) is 8.88. The van der Waals surface area contributed by atoms with Crippen LogP contribution in [0.25, 0.3) is 0 Å². The van der Waals surface area contributed by atoms with Crippen molar-refractivity contribution in [3.05, 3.63) is 46.6 Å². The van der Waals surface area contributed by atoms with E-state index in [4.69, 9.17) is 14.7 Å². The largest absolute Gasteiger partial charge is 0.461 e. The molecule has 5 aliphatic heterocycles. The van der Waals surface area contributed by atoms with E-state index in [1.54, 1.807) is 0 Å². The number of alkyl halides is 1. The molecule has 2 aromatic rings. The van der Waals surface area contributed by atoms with Gasteiger partial charge in [0.1, 0.15) is 24.1 Å². The highest BCUT2D eigenvalue weighted by Crippen LogP contribution is 2.48. The van der Waals surface area contributed by atoms with Crippen LogP contribution in [0, 0.1) is 0 Å². The van der Waals surface area contributed by atoms with Crippen molar-refractivity contribution in [2.45, 2.75) is 80.7 Å². The number of likely N-dealkylation sites (N-methyl/N-ethyl adjacent to an activating group) is 1. The Hall–Kier alpha value is -3.31. The number of imide groups is 1. The number of rotatable bonds is 4. The normalized spacial score (nSPS) is 34.0. The lowest BCUT2D eigenvalue weighted by Gasteiger charge is -2.46. The maximum atomic E-state index is 14.5. The zero-order valence-corrected chi connectivity index (χ0v) is 24.1. The minimum atomic E-state index is -0.969. The second-order valence-electron chi connectivity index (χ2n) is 13.4. The molecule has 6 heterocycles. The average molecular weight is 576 g/mol. The summed E-state index contributed by atoms with van der Waals surface area (Å²) in [4.78, 5) is 41.9. The molecule has 1 aliphatic carbocycles. The molecule has 2 spiro atoms. The molecule has 222 valence electrons. The maximum Gasteiger partial charge on any atom is 0.322 e. The first-order valence-corrected chi connectivity index (χ1v) is 15.4. The maximum absolute atomic E-state index is 14.5. The number of hydrogen-bond acceptors (Lipinski definition) is 8. The van der Waals surface area contributed by atoms with Crippen LogP contribution >= 0.6 is 0 Å². The molecule has 1 aromatic heterocycles. The van der Waals surface area contributed by atoms with Gasteiger partial charge >= 0.3 is 12.0 Å². The number of anilines is 1. The summed E-state index contributed by atoms with van der Waals surface area (Å²) in [6.07, 6.45) is 5.73. The minimum Gasteiger partial charge on any atom is -0.461 e. The van der Waals surface area contributed by atoms with Crippen LogP contribution < -0.4 is 20.3 Å². The highest BCUT2D eigenvalue weighted by molar-refractivity contribution is 6.07. The van der Waals surface area contributed by atoms with E-state index in [1.165, 1.54) is 11.1 Å². The molecule has 10 nitrogen and oxygen atoms in total. The quantitative estimate of drug-likeness (QED) is 0.536. The molecule has 4 fully saturated rings. The summed E-state index contributed by atoms with van der Waals surface area (Å²) >= 11 is 0. The van der Waals surface area contributed by atoms with Crippen LogP contribution in [0.2, 0.25) is 0 Å². The van der Waals surface area contributed by atoms with Gasteiger partial charge < -0.3 is 15.0 Å². The lowest BCUT2D eigenvalue weighted by Crippen LogP contribution is -2.59. The third-order valence-electron chi connectivity index (χ3n) is 11.0. The molecule has 3 amide bonds.